The average molecular weight is 285 g/mol. The lowest BCUT2D eigenvalue weighted by molar-refractivity contribution is -0.147. The van der Waals surface area contributed by atoms with E-state index in [2.05, 4.69) is 5.32 Å². The molecule has 3 N–H and O–H groups in total. The van der Waals surface area contributed by atoms with E-state index in [9.17, 15) is 19.5 Å². The van der Waals surface area contributed by atoms with Gasteiger partial charge in [-0.15, -0.1) is 0 Å². The molecule has 0 aromatic carbocycles. The zero-order valence-corrected chi connectivity index (χ0v) is 11.7. The summed E-state index contributed by atoms with van der Waals surface area (Å²) in [6, 6.07) is 0. The monoisotopic (exact) mass is 285 g/mol. The van der Waals surface area contributed by atoms with E-state index in [0.29, 0.717) is 6.42 Å². The van der Waals surface area contributed by atoms with E-state index < -0.39 is 41.0 Å². The Bertz CT molecular complexity index is 468. The van der Waals surface area contributed by atoms with Gasteiger partial charge in [-0.05, 0) is 39.5 Å². The molecule has 7 heteroatoms. The summed E-state index contributed by atoms with van der Waals surface area (Å²) < 4.78 is 5.08. The molecule has 0 aromatic heterocycles. The molecule has 2 aliphatic rings. The number of carbonyl (C=O) groups excluding carboxylic acids is 1. The molecular weight excluding hydrogens is 266 g/mol. The Morgan fingerprint density at radius 2 is 1.85 bits per heavy atom. The smallest absolute Gasteiger partial charge is 0.408 e. The van der Waals surface area contributed by atoms with Crippen LogP contribution in [0.1, 0.15) is 33.6 Å². The standard InChI is InChI=1S/C13H19NO6/c1-12(2,3)20-11(19)14-13(10(17)18)5-4-6-7(8(6)13)9(15)16/h6-8H,4-5H2,1-3H3,(H,14,19)(H,15,16)(H,17,18)/t6?,7-,8-,13-/m0/s1. The van der Waals surface area contributed by atoms with Gasteiger partial charge in [-0.3, -0.25) is 4.79 Å². The minimum absolute atomic E-state index is 0.168. The summed E-state index contributed by atoms with van der Waals surface area (Å²) in [4.78, 5) is 34.5. The van der Waals surface area contributed by atoms with E-state index in [4.69, 9.17) is 9.84 Å². The Morgan fingerprint density at radius 1 is 1.25 bits per heavy atom. The molecule has 0 aromatic rings. The normalized spacial score (nSPS) is 35.0. The Morgan fingerprint density at radius 3 is 2.25 bits per heavy atom. The molecule has 0 saturated heterocycles. The predicted molar refractivity (Wildman–Crippen MR) is 67.1 cm³/mol. The highest BCUT2D eigenvalue weighted by Gasteiger charge is 2.72. The first kappa shape index (κ1) is 14.6. The van der Waals surface area contributed by atoms with Crippen LogP contribution in [-0.4, -0.2) is 39.4 Å². The number of aliphatic carboxylic acids is 2. The lowest BCUT2D eigenvalue weighted by Gasteiger charge is -2.30. The molecule has 2 aliphatic carbocycles. The molecule has 1 unspecified atom stereocenters. The van der Waals surface area contributed by atoms with Crippen LogP contribution in [0.3, 0.4) is 0 Å². The Kier molecular flexibility index (Phi) is 3.19. The third kappa shape index (κ3) is 2.32. The second-order valence-electron chi connectivity index (χ2n) is 6.50. The average Bonchev–Trinajstić information content (AvgIpc) is 2.87. The number of carbonyl (C=O) groups is 3. The molecule has 2 fully saturated rings. The summed E-state index contributed by atoms with van der Waals surface area (Å²) in [5, 5.41) is 20.9. The van der Waals surface area contributed by atoms with Gasteiger partial charge in [-0.25, -0.2) is 9.59 Å². The van der Waals surface area contributed by atoms with Crippen LogP contribution in [-0.2, 0) is 14.3 Å². The second kappa shape index (κ2) is 4.36. The first-order valence-corrected chi connectivity index (χ1v) is 6.56. The zero-order valence-electron chi connectivity index (χ0n) is 11.7. The van der Waals surface area contributed by atoms with Crippen LogP contribution in [0, 0.1) is 17.8 Å². The molecule has 0 heterocycles. The summed E-state index contributed by atoms with van der Waals surface area (Å²) in [5.41, 5.74) is -2.26. The van der Waals surface area contributed by atoms with E-state index in [1.807, 2.05) is 0 Å². The fourth-order valence-corrected chi connectivity index (χ4v) is 3.24. The van der Waals surface area contributed by atoms with Gasteiger partial charge in [0.25, 0.3) is 0 Å². The largest absolute Gasteiger partial charge is 0.481 e. The maximum Gasteiger partial charge on any atom is 0.408 e. The van der Waals surface area contributed by atoms with Crippen molar-refractivity contribution in [2.24, 2.45) is 17.8 Å². The highest BCUT2D eigenvalue weighted by atomic mass is 16.6. The first-order chi connectivity index (χ1) is 9.08. The van der Waals surface area contributed by atoms with Crippen LogP contribution in [0.15, 0.2) is 0 Å². The fourth-order valence-electron chi connectivity index (χ4n) is 3.24. The van der Waals surface area contributed by atoms with Crippen molar-refractivity contribution in [1.82, 2.24) is 5.32 Å². The molecule has 2 saturated carbocycles. The van der Waals surface area contributed by atoms with Crippen LogP contribution in [0.2, 0.25) is 0 Å². The molecular formula is C13H19NO6. The molecule has 112 valence electrons. The van der Waals surface area contributed by atoms with Crippen molar-refractivity contribution >= 4 is 18.0 Å². The van der Waals surface area contributed by atoms with E-state index in [1.165, 1.54) is 0 Å². The van der Waals surface area contributed by atoms with Gasteiger partial charge in [0.15, 0.2) is 0 Å². The quantitative estimate of drug-likeness (QED) is 0.715. The summed E-state index contributed by atoms with van der Waals surface area (Å²) in [7, 11) is 0. The van der Waals surface area contributed by atoms with Crippen molar-refractivity contribution in [3.63, 3.8) is 0 Å². The van der Waals surface area contributed by atoms with Crippen molar-refractivity contribution in [3.05, 3.63) is 0 Å². The van der Waals surface area contributed by atoms with Gasteiger partial charge in [0.2, 0.25) is 0 Å². The second-order valence-corrected chi connectivity index (χ2v) is 6.50. The van der Waals surface area contributed by atoms with Crippen molar-refractivity contribution in [2.75, 3.05) is 0 Å². The predicted octanol–water partition coefficient (Wildman–Crippen LogP) is 1.08. The van der Waals surface area contributed by atoms with Crippen molar-refractivity contribution in [3.8, 4) is 0 Å². The molecule has 4 atom stereocenters. The number of carboxylic acids is 2. The maximum atomic E-state index is 11.8. The molecule has 20 heavy (non-hydrogen) atoms. The molecule has 0 spiro atoms. The summed E-state index contributed by atoms with van der Waals surface area (Å²) >= 11 is 0. The van der Waals surface area contributed by atoms with Crippen LogP contribution < -0.4 is 5.32 Å². The topological polar surface area (TPSA) is 113 Å². The molecule has 0 aliphatic heterocycles. The van der Waals surface area contributed by atoms with E-state index in [-0.39, 0.29) is 12.3 Å². The highest BCUT2D eigenvalue weighted by molar-refractivity contribution is 5.89. The molecule has 0 radical (unpaired) electrons. The van der Waals surface area contributed by atoms with Gasteiger partial charge in [0, 0.05) is 5.92 Å². The number of nitrogens with one attached hydrogen (secondary N) is 1. The summed E-state index contributed by atoms with van der Waals surface area (Å²) in [6.45, 7) is 5.03. The van der Waals surface area contributed by atoms with Gasteiger partial charge in [0.05, 0.1) is 5.92 Å². The zero-order chi connectivity index (χ0) is 15.3. The number of rotatable bonds is 3. The van der Waals surface area contributed by atoms with Gasteiger partial charge >= 0.3 is 18.0 Å². The molecule has 7 nitrogen and oxygen atoms in total. The van der Waals surface area contributed by atoms with Crippen LogP contribution in [0.5, 0.6) is 0 Å². The summed E-state index contributed by atoms with van der Waals surface area (Å²) in [6.07, 6.45) is -0.0960. The highest BCUT2D eigenvalue weighted by Crippen LogP contribution is 2.62. The van der Waals surface area contributed by atoms with Crippen molar-refractivity contribution in [2.45, 2.75) is 44.8 Å². The third-order valence-electron chi connectivity index (χ3n) is 4.00. The third-order valence-corrected chi connectivity index (χ3v) is 4.00. The fraction of sp³-hybridized carbons (Fsp3) is 0.769. The number of ether oxygens (including phenoxy) is 1. The number of amides is 1. The maximum absolute atomic E-state index is 11.8. The number of fused-ring (bicyclic) bond motifs is 1. The van der Waals surface area contributed by atoms with Crippen molar-refractivity contribution < 1.29 is 29.3 Å². The van der Waals surface area contributed by atoms with Gasteiger partial charge < -0.3 is 20.3 Å². The molecule has 2 rings (SSSR count). The first-order valence-electron chi connectivity index (χ1n) is 6.56. The minimum atomic E-state index is -1.52. The Balaban J connectivity index is 2.15. The minimum Gasteiger partial charge on any atom is -0.481 e. The van der Waals surface area contributed by atoms with Crippen LogP contribution in [0.25, 0.3) is 0 Å². The number of carboxylic acid groups (broad SMARTS) is 2. The SMILES string of the molecule is CC(C)(C)OC(=O)N[C@@]1(C(=O)O)CCC2[C@H](C(=O)O)[C@H]21. The van der Waals surface area contributed by atoms with Crippen LogP contribution >= 0.6 is 0 Å². The van der Waals surface area contributed by atoms with Gasteiger partial charge in [-0.2, -0.15) is 0 Å². The van der Waals surface area contributed by atoms with E-state index >= 15 is 0 Å². The Labute approximate surface area is 116 Å². The van der Waals surface area contributed by atoms with Gasteiger partial charge in [-0.1, -0.05) is 0 Å². The molecule has 1 amide bonds. The Hall–Kier alpha value is -1.79. The van der Waals surface area contributed by atoms with Gasteiger partial charge in [0.1, 0.15) is 11.1 Å². The number of alkyl carbamates (subject to hydrolysis) is 1. The van der Waals surface area contributed by atoms with E-state index in [1.54, 1.807) is 20.8 Å². The summed E-state index contributed by atoms with van der Waals surface area (Å²) in [5.74, 6) is -3.60. The number of hydrogen-bond donors (Lipinski definition) is 3. The number of hydrogen-bond acceptors (Lipinski definition) is 4. The molecule has 0 bridgehead atoms. The van der Waals surface area contributed by atoms with E-state index in [0.717, 1.165) is 0 Å². The van der Waals surface area contributed by atoms with Crippen molar-refractivity contribution in [1.29, 1.82) is 0 Å². The van der Waals surface area contributed by atoms with Crippen LogP contribution in [0.4, 0.5) is 4.79 Å². The lowest BCUT2D eigenvalue weighted by Crippen LogP contribution is -2.56. The lowest BCUT2D eigenvalue weighted by atomic mass is 9.90.